The quantitative estimate of drug-likeness (QED) is 0.441. The summed E-state index contributed by atoms with van der Waals surface area (Å²) < 4.78 is 43.4. The maximum atomic E-state index is 12.5. The number of benzene rings is 1. The van der Waals surface area contributed by atoms with Gasteiger partial charge in [0.2, 0.25) is 0 Å². The number of fused-ring (bicyclic) bond motifs is 1. The topological polar surface area (TPSA) is 52.8 Å². The molecule has 2 aromatic heterocycles. The lowest BCUT2D eigenvalue weighted by Gasteiger charge is -2.16. The molecule has 1 atom stereocenters. The Bertz CT molecular complexity index is 1000. The molecule has 29 heavy (non-hydrogen) atoms. The Kier molecular flexibility index (Phi) is 6.31. The van der Waals surface area contributed by atoms with Crippen LogP contribution < -0.4 is 4.74 Å². The van der Waals surface area contributed by atoms with E-state index in [0.717, 1.165) is 37.6 Å². The van der Waals surface area contributed by atoms with Crippen LogP contribution in [0, 0.1) is 0 Å². The van der Waals surface area contributed by atoms with Crippen LogP contribution in [0.15, 0.2) is 24.5 Å². The van der Waals surface area contributed by atoms with Crippen LogP contribution in [0.1, 0.15) is 51.9 Å². The van der Waals surface area contributed by atoms with E-state index in [1.54, 1.807) is 0 Å². The van der Waals surface area contributed by atoms with E-state index in [1.807, 2.05) is 6.92 Å². The van der Waals surface area contributed by atoms with Crippen molar-refractivity contribution in [1.82, 2.24) is 19.5 Å². The molecule has 156 valence electrons. The first-order valence-electron chi connectivity index (χ1n) is 9.52. The normalized spacial score (nSPS) is 13.1. The predicted molar refractivity (Wildman–Crippen MR) is 106 cm³/mol. The predicted octanol–water partition coefficient (Wildman–Crippen LogP) is 6.36. The Morgan fingerprint density at radius 3 is 2.59 bits per heavy atom. The van der Waals surface area contributed by atoms with E-state index in [9.17, 15) is 13.2 Å². The fourth-order valence-electron chi connectivity index (χ4n) is 3.38. The summed E-state index contributed by atoms with van der Waals surface area (Å²) in [5, 5.41) is 0.0957. The number of imidazole rings is 1. The van der Waals surface area contributed by atoms with Gasteiger partial charge in [0.15, 0.2) is 5.65 Å². The van der Waals surface area contributed by atoms with Crippen LogP contribution in [-0.2, 0) is 6.42 Å². The Balaban J connectivity index is 2.08. The maximum absolute atomic E-state index is 12.5. The lowest BCUT2D eigenvalue weighted by Crippen LogP contribution is -2.17. The monoisotopic (exact) mass is 426 g/mol. The van der Waals surface area contributed by atoms with Gasteiger partial charge in [-0.05, 0) is 31.5 Å². The third-order valence-corrected chi connectivity index (χ3v) is 5.02. The average Bonchev–Trinajstić information content (AvgIpc) is 3.04. The van der Waals surface area contributed by atoms with Crippen LogP contribution in [-0.4, -0.2) is 25.9 Å². The van der Waals surface area contributed by atoms with Crippen molar-refractivity contribution in [3.05, 3.63) is 35.4 Å². The SMILES string of the molecule is CCCCC(C)n1c(CC)nc2c(-c3ccc(OC(F)(F)F)cc3Cl)ncnc21. The Labute approximate surface area is 171 Å². The minimum atomic E-state index is -4.78. The molecule has 0 amide bonds. The van der Waals surface area contributed by atoms with Crippen molar-refractivity contribution in [2.75, 3.05) is 0 Å². The van der Waals surface area contributed by atoms with Gasteiger partial charge in [0.25, 0.3) is 0 Å². The molecule has 0 aliphatic carbocycles. The molecule has 1 unspecified atom stereocenters. The second-order valence-electron chi connectivity index (χ2n) is 6.83. The van der Waals surface area contributed by atoms with Gasteiger partial charge in [-0.25, -0.2) is 15.0 Å². The fourth-order valence-corrected chi connectivity index (χ4v) is 3.64. The molecule has 1 aromatic carbocycles. The van der Waals surface area contributed by atoms with E-state index >= 15 is 0 Å². The minimum absolute atomic E-state index is 0.0957. The zero-order chi connectivity index (χ0) is 21.2. The smallest absolute Gasteiger partial charge is 0.406 e. The van der Waals surface area contributed by atoms with Gasteiger partial charge in [-0.2, -0.15) is 0 Å². The number of hydrogen-bond donors (Lipinski definition) is 0. The molecular weight excluding hydrogens is 405 g/mol. The van der Waals surface area contributed by atoms with Crippen LogP contribution in [0.2, 0.25) is 5.02 Å². The zero-order valence-electron chi connectivity index (χ0n) is 16.4. The number of hydrogen-bond acceptors (Lipinski definition) is 4. The molecule has 9 heteroatoms. The molecule has 0 aliphatic rings. The van der Waals surface area contributed by atoms with E-state index in [1.165, 1.54) is 18.5 Å². The molecule has 0 radical (unpaired) electrons. The van der Waals surface area contributed by atoms with Gasteiger partial charge < -0.3 is 9.30 Å². The van der Waals surface area contributed by atoms with Crippen molar-refractivity contribution >= 4 is 22.8 Å². The fraction of sp³-hybridized carbons (Fsp3) is 0.450. The number of unbranched alkanes of at least 4 members (excludes halogenated alkanes) is 1. The molecule has 0 N–H and O–H groups in total. The van der Waals surface area contributed by atoms with Crippen LogP contribution in [0.25, 0.3) is 22.4 Å². The highest BCUT2D eigenvalue weighted by atomic mass is 35.5. The van der Waals surface area contributed by atoms with Crippen molar-refractivity contribution in [2.45, 2.75) is 58.9 Å². The van der Waals surface area contributed by atoms with Gasteiger partial charge in [0, 0.05) is 18.0 Å². The number of nitrogens with zero attached hydrogens (tertiary/aromatic N) is 4. The highest BCUT2D eigenvalue weighted by Gasteiger charge is 2.31. The molecule has 0 bridgehead atoms. The van der Waals surface area contributed by atoms with Crippen LogP contribution in [0.3, 0.4) is 0 Å². The molecule has 0 saturated heterocycles. The second-order valence-corrected chi connectivity index (χ2v) is 7.23. The molecule has 3 aromatic rings. The van der Waals surface area contributed by atoms with Crippen molar-refractivity contribution in [3.63, 3.8) is 0 Å². The summed E-state index contributed by atoms with van der Waals surface area (Å²) in [6.45, 7) is 6.30. The summed E-state index contributed by atoms with van der Waals surface area (Å²) in [6, 6.07) is 4.01. The molecule has 0 saturated carbocycles. The summed E-state index contributed by atoms with van der Waals surface area (Å²) in [4.78, 5) is 13.5. The standard InChI is InChI=1S/C20H22ClF3N4O/c1-4-6-7-12(3)28-16(5-2)27-18-17(25-11-26-19(18)28)14-9-8-13(10-15(14)21)29-20(22,23)24/h8-12H,4-7H2,1-3H3. The first kappa shape index (κ1) is 21.4. The van der Waals surface area contributed by atoms with Crippen molar-refractivity contribution in [3.8, 4) is 17.0 Å². The van der Waals surface area contributed by atoms with E-state index in [-0.39, 0.29) is 16.8 Å². The summed E-state index contributed by atoms with van der Waals surface area (Å²) in [7, 11) is 0. The summed E-state index contributed by atoms with van der Waals surface area (Å²) in [5.41, 5.74) is 2.23. The first-order valence-corrected chi connectivity index (χ1v) is 9.90. The third-order valence-electron chi connectivity index (χ3n) is 4.71. The van der Waals surface area contributed by atoms with E-state index in [4.69, 9.17) is 16.6 Å². The molecule has 0 spiro atoms. The molecular formula is C20H22ClF3N4O. The number of halogens is 4. The highest BCUT2D eigenvalue weighted by Crippen LogP contribution is 2.36. The van der Waals surface area contributed by atoms with Crippen molar-refractivity contribution in [2.24, 2.45) is 0 Å². The lowest BCUT2D eigenvalue weighted by molar-refractivity contribution is -0.274. The maximum Gasteiger partial charge on any atom is 0.573 e. The Morgan fingerprint density at radius 1 is 1.21 bits per heavy atom. The third kappa shape index (κ3) is 4.63. The van der Waals surface area contributed by atoms with Crippen molar-refractivity contribution in [1.29, 1.82) is 0 Å². The first-order chi connectivity index (χ1) is 13.7. The van der Waals surface area contributed by atoms with Gasteiger partial charge in [-0.15, -0.1) is 13.2 Å². The molecule has 2 heterocycles. The number of rotatable bonds is 7. The molecule has 5 nitrogen and oxygen atoms in total. The van der Waals surface area contributed by atoms with Crippen LogP contribution in [0.4, 0.5) is 13.2 Å². The molecule has 3 rings (SSSR count). The van der Waals surface area contributed by atoms with E-state index in [0.29, 0.717) is 22.4 Å². The summed E-state index contributed by atoms with van der Waals surface area (Å²) in [5.74, 6) is 0.503. The molecule has 0 aliphatic heterocycles. The Morgan fingerprint density at radius 2 is 1.97 bits per heavy atom. The minimum Gasteiger partial charge on any atom is -0.406 e. The van der Waals surface area contributed by atoms with Gasteiger partial charge >= 0.3 is 6.36 Å². The van der Waals surface area contributed by atoms with Gasteiger partial charge in [-0.3, -0.25) is 0 Å². The van der Waals surface area contributed by atoms with Crippen molar-refractivity contribution < 1.29 is 17.9 Å². The number of aromatic nitrogens is 4. The number of aryl methyl sites for hydroxylation is 1. The zero-order valence-corrected chi connectivity index (χ0v) is 17.2. The van der Waals surface area contributed by atoms with Crippen LogP contribution in [0.5, 0.6) is 5.75 Å². The Hall–Kier alpha value is -2.35. The van der Waals surface area contributed by atoms with Gasteiger partial charge in [0.1, 0.15) is 29.1 Å². The van der Waals surface area contributed by atoms with Crippen LogP contribution >= 0.6 is 11.6 Å². The second kappa shape index (κ2) is 8.57. The lowest BCUT2D eigenvalue weighted by atomic mass is 10.1. The number of alkyl halides is 3. The molecule has 0 fully saturated rings. The average molecular weight is 427 g/mol. The number of ether oxygens (including phenoxy) is 1. The summed E-state index contributed by atoms with van der Waals surface area (Å²) >= 11 is 6.26. The largest absolute Gasteiger partial charge is 0.573 e. The van der Waals surface area contributed by atoms with E-state index in [2.05, 4.69) is 33.1 Å². The van der Waals surface area contributed by atoms with Gasteiger partial charge in [-0.1, -0.05) is 38.3 Å². The summed E-state index contributed by atoms with van der Waals surface area (Å²) in [6.07, 6.45) is 0.556. The van der Waals surface area contributed by atoms with Gasteiger partial charge in [0.05, 0.1) is 5.02 Å². The highest BCUT2D eigenvalue weighted by molar-refractivity contribution is 6.33. The van der Waals surface area contributed by atoms with E-state index < -0.39 is 6.36 Å².